The van der Waals surface area contributed by atoms with Gasteiger partial charge in [-0.1, -0.05) is 208 Å². The summed E-state index contributed by atoms with van der Waals surface area (Å²) >= 11 is 0. The molecular weight excluding hydrogens is 444 g/mol. The largest absolute Gasteiger partial charge is 0.0654 e. The first-order valence-electron chi connectivity index (χ1n) is 17.1. The van der Waals surface area contributed by atoms with Crippen LogP contribution in [0.25, 0.3) is 0 Å². The van der Waals surface area contributed by atoms with Crippen LogP contribution in [-0.4, -0.2) is 0 Å². The average Bonchev–Trinajstić information content (AvgIpc) is 2.95. The number of rotatable bonds is 14. The highest BCUT2D eigenvalue weighted by atomic mass is 14.2. The molecule has 0 aromatic rings. The lowest BCUT2D eigenvalue weighted by Crippen LogP contribution is -2.12. The fraction of sp³-hybridized carbons (Fsp3) is 1.00. The molecule has 232 valence electrons. The Kier molecular flexibility index (Phi) is 38.7. The molecule has 0 unspecified atom stereocenters. The van der Waals surface area contributed by atoms with Crippen molar-refractivity contribution in [2.75, 3.05) is 0 Å². The fourth-order valence-electron chi connectivity index (χ4n) is 2.78. The number of unbranched alkanes of at least 4 members (excludes halogenated alkanes) is 1. The van der Waals surface area contributed by atoms with E-state index in [1.807, 2.05) is 0 Å². The van der Waals surface area contributed by atoms with Gasteiger partial charge in [0, 0.05) is 0 Å². The Morgan fingerprint density at radius 1 is 0.405 bits per heavy atom. The highest BCUT2D eigenvalue weighted by molar-refractivity contribution is 4.70. The highest BCUT2D eigenvalue weighted by Gasteiger charge is 2.17. The molecule has 0 heterocycles. The van der Waals surface area contributed by atoms with Crippen LogP contribution in [0.2, 0.25) is 0 Å². The molecule has 0 nitrogen and oxygen atoms in total. The van der Waals surface area contributed by atoms with E-state index in [-0.39, 0.29) is 0 Å². The van der Waals surface area contributed by atoms with E-state index in [9.17, 15) is 0 Å². The maximum absolute atomic E-state index is 2.41. The quantitative estimate of drug-likeness (QED) is 0.210. The second kappa shape index (κ2) is 30.5. The lowest BCUT2D eigenvalue weighted by molar-refractivity contribution is 0.265. The Labute approximate surface area is 242 Å². The van der Waals surface area contributed by atoms with Crippen LogP contribution in [0.5, 0.6) is 0 Å². The highest BCUT2D eigenvalue weighted by Crippen LogP contribution is 2.31. The third kappa shape index (κ3) is 36.0. The van der Waals surface area contributed by atoms with E-state index in [0.717, 1.165) is 11.8 Å². The molecule has 0 aliphatic rings. The van der Waals surface area contributed by atoms with Gasteiger partial charge in [-0.2, -0.15) is 0 Å². The minimum absolute atomic E-state index is 0.583. The summed E-state index contributed by atoms with van der Waals surface area (Å²) in [5.74, 6) is 1.87. The van der Waals surface area contributed by atoms with Gasteiger partial charge >= 0.3 is 0 Å². The van der Waals surface area contributed by atoms with Crippen LogP contribution in [0.15, 0.2) is 0 Å². The molecule has 0 bridgehead atoms. The van der Waals surface area contributed by atoms with Gasteiger partial charge in [0.25, 0.3) is 0 Å². The van der Waals surface area contributed by atoms with Crippen molar-refractivity contribution in [1.29, 1.82) is 0 Å². The molecule has 0 aromatic heterocycles. The van der Waals surface area contributed by atoms with E-state index >= 15 is 0 Å². The molecule has 0 fully saturated rings. The predicted octanol–water partition coefficient (Wildman–Crippen LogP) is 14.9. The number of hydrogen-bond donors (Lipinski definition) is 0. The summed E-state index contributed by atoms with van der Waals surface area (Å²) in [6.45, 7) is 41.0. The summed E-state index contributed by atoms with van der Waals surface area (Å²) in [5.41, 5.74) is 1.84. The first-order valence-corrected chi connectivity index (χ1v) is 17.1. The van der Waals surface area contributed by atoms with Crippen LogP contribution in [0.3, 0.4) is 0 Å². The van der Waals surface area contributed by atoms with Gasteiger partial charge < -0.3 is 0 Å². The minimum atomic E-state index is 0.583. The van der Waals surface area contributed by atoms with E-state index in [0.29, 0.717) is 16.2 Å². The summed E-state index contributed by atoms with van der Waals surface area (Å²) in [5, 5.41) is 0. The molecule has 0 saturated carbocycles. The van der Waals surface area contributed by atoms with Crippen LogP contribution in [0.4, 0.5) is 0 Å². The van der Waals surface area contributed by atoms with Crippen molar-refractivity contribution in [3.63, 3.8) is 0 Å². The van der Waals surface area contributed by atoms with Crippen LogP contribution in [0.1, 0.15) is 215 Å². The maximum Gasteiger partial charge on any atom is -0.0331 e. The van der Waals surface area contributed by atoms with Gasteiger partial charge in [-0.15, -0.1) is 0 Å². The summed E-state index contributed by atoms with van der Waals surface area (Å²) in [6, 6.07) is 0. The van der Waals surface area contributed by atoms with Crippen molar-refractivity contribution in [3.05, 3.63) is 0 Å². The van der Waals surface area contributed by atoms with Gasteiger partial charge in [-0.05, 0) is 34.5 Å². The van der Waals surface area contributed by atoms with E-state index in [2.05, 4.69) is 125 Å². The van der Waals surface area contributed by atoms with E-state index < -0.39 is 0 Å². The van der Waals surface area contributed by atoms with Crippen LogP contribution < -0.4 is 0 Å². The standard InChI is InChI=1S/C10H22.C8H18.C7H16.2C6H14/c1-5-8-9-10(4,6-2)7-3;1-5-8(4,6-2)7-3;1-5-7(3,4)6-2;2*1-4-6(3)5-2/h5-9H2,1-4H3;5-7H2,1-4H3;5-6H2,1-4H3;2*6H,4-5H2,1-3H3. The molecular formula is C37H84. The molecule has 0 aliphatic carbocycles. The molecule has 0 N–H and O–H groups in total. The van der Waals surface area contributed by atoms with Gasteiger partial charge in [0.1, 0.15) is 0 Å². The molecule has 0 rings (SSSR count). The van der Waals surface area contributed by atoms with E-state index in [1.165, 1.54) is 89.9 Å². The zero-order chi connectivity index (χ0) is 30.6. The molecule has 0 atom stereocenters. The van der Waals surface area contributed by atoms with E-state index in [4.69, 9.17) is 0 Å². The summed E-state index contributed by atoms with van der Waals surface area (Å²) < 4.78 is 0. The second-order valence-corrected chi connectivity index (χ2v) is 13.2. The van der Waals surface area contributed by atoms with Gasteiger partial charge in [0.2, 0.25) is 0 Å². The molecule has 37 heavy (non-hydrogen) atoms. The molecule has 0 amide bonds. The Bertz CT molecular complexity index is 351. The van der Waals surface area contributed by atoms with Crippen LogP contribution >= 0.6 is 0 Å². The Morgan fingerprint density at radius 3 is 0.757 bits per heavy atom. The van der Waals surface area contributed by atoms with Crippen molar-refractivity contribution in [3.8, 4) is 0 Å². The van der Waals surface area contributed by atoms with Crippen molar-refractivity contribution in [1.82, 2.24) is 0 Å². The van der Waals surface area contributed by atoms with Crippen molar-refractivity contribution >= 4 is 0 Å². The van der Waals surface area contributed by atoms with Crippen LogP contribution in [0, 0.1) is 28.1 Å². The SMILES string of the molecule is CCC(C)(C)CC.CCC(C)(CC)CC.CCC(C)CC.CCC(C)CC.CCCCC(C)(CC)CC. The van der Waals surface area contributed by atoms with Gasteiger partial charge in [0.05, 0.1) is 0 Å². The Hall–Kier alpha value is 0. The predicted molar refractivity (Wildman–Crippen MR) is 181 cm³/mol. The molecule has 0 radical (unpaired) electrons. The zero-order valence-electron chi connectivity index (χ0n) is 30.6. The normalized spacial score (nSPS) is 11.4. The topological polar surface area (TPSA) is 0 Å². The summed E-state index contributed by atoms with van der Waals surface area (Å²) in [6.07, 6.45) is 18.7. The van der Waals surface area contributed by atoms with Crippen LogP contribution in [-0.2, 0) is 0 Å². The van der Waals surface area contributed by atoms with E-state index in [1.54, 1.807) is 0 Å². The third-order valence-corrected chi connectivity index (χ3v) is 10.1. The molecule has 0 aromatic carbocycles. The Morgan fingerprint density at radius 2 is 0.676 bits per heavy atom. The first kappa shape index (κ1) is 46.8. The third-order valence-electron chi connectivity index (χ3n) is 10.1. The lowest BCUT2D eigenvalue weighted by atomic mass is 9.80. The minimum Gasteiger partial charge on any atom is -0.0654 e. The smallest absolute Gasteiger partial charge is 0.0331 e. The Balaban J connectivity index is -0.000000117. The van der Waals surface area contributed by atoms with Gasteiger partial charge in [0.15, 0.2) is 0 Å². The maximum atomic E-state index is 2.41. The molecule has 0 spiro atoms. The first-order chi connectivity index (χ1) is 17.1. The van der Waals surface area contributed by atoms with Crippen molar-refractivity contribution in [2.24, 2.45) is 28.1 Å². The molecule has 0 saturated heterocycles. The van der Waals surface area contributed by atoms with Crippen molar-refractivity contribution < 1.29 is 0 Å². The lowest BCUT2D eigenvalue weighted by Gasteiger charge is -2.26. The summed E-state index contributed by atoms with van der Waals surface area (Å²) in [7, 11) is 0. The zero-order valence-corrected chi connectivity index (χ0v) is 30.6. The second-order valence-electron chi connectivity index (χ2n) is 13.2. The monoisotopic (exact) mass is 529 g/mol. The molecule has 0 aliphatic heterocycles. The number of hydrogen-bond acceptors (Lipinski definition) is 0. The van der Waals surface area contributed by atoms with Gasteiger partial charge in [-0.3, -0.25) is 0 Å². The summed E-state index contributed by atoms with van der Waals surface area (Å²) in [4.78, 5) is 0. The van der Waals surface area contributed by atoms with Gasteiger partial charge in [-0.25, -0.2) is 0 Å². The average molecular weight is 529 g/mol. The molecule has 0 heteroatoms. The van der Waals surface area contributed by atoms with Crippen molar-refractivity contribution in [2.45, 2.75) is 215 Å². The fourth-order valence-corrected chi connectivity index (χ4v) is 2.78.